The van der Waals surface area contributed by atoms with Gasteiger partial charge in [0.2, 0.25) is 5.91 Å². The molecule has 7 heteroatoms. The highest BCUT2D eigenvalue weighted by Crippen LogP contribution is 2.19. The number of furan rings is 1. The molecule has 2 aromatic heterocycles. The predicted octanol–water partition coefficient (Wildman–Crippen LogP) is 2.32. The first kappa shape index (κ1) is 15.8. The molecule has 3 aromatic rings. The second-order valence-electron chi connectivity index (χ2n) is 5.40. The van der Waals surface area contributed by atoms with Gasteiger partial charge in [-0.05, 0) is 24.6 Å². The predicted molar refractivity (Wildman–Crippen MR) is 86.1 cm³/mol. The van der Waals surface area contributed by atoms with Crippen LogP contribution in [0, 0.1) is 0 Å². The molecule has 1 amide bonds. The largest absolute Gasteiger partial charge is 0.459 e. The molecule has 24 heavy (non-hydrogen) atoms. The van der Waals surface area contributed by atoms with Gasteiger partial charge in [-0.3, -0.25) is 4.79 Å². The molecule has 0 spiro atoms. The fourth-order valence-corrected chi connectivity index (χ4v) is 2.32. The summed E-state index contributed by atoms with van der Waals surface area (Å²) in [5.41, 5.74) is 1.01. The molecule has 124 valence electrons. The van der Waals surface area contributed by atoms with Gasteiger partial charge in [-0.15, -0.1) is 5.10 Å². The van der Waals surface area contributed by atoms with Crippen molar-refractivity contribution in [3.8, 4) is 11.7 Å². The number of nitrogens with zero attached hydrogens (tertiary/aromatic N) is 3. The maximum Gasteiger partial charge on any atom is 0.437 e. The van der Waals surface area contributed by atoms with Crippen LogP contribution >= 0.6 is 0 Å². The smallest absolute Gasteiger partial charge is 0.437 e. The van der Waals surface area contributed by atoms with Gasteiger partial charge in [0.05, 0.1) is 12.3 Å². The summed E-state index contributed by atoms with van der Waals surface area (Å²) in [6, 6.07) is 12.8. The summed E-state index contributed by atoms with van der Waals surface area (Å²) < 4.78 is 11.1. The van der Waals surface area contributed by atoms with E-state index in [-0.39, 0.29) is 24.4 Å². The Balaban J connectivity index is 1.74. The molecule has 0 bridgehead atoms. The fraction of sp³-hybridized carbons (Fsp3) is 0.235. The van der Waals surface area contributed by atoms with Gasteiger partial charge in [0.15, 0.2) is 5.76 Å². The van der Waals surface area contributed by atoms with Crippen molar-refractivity contribution in [1.82, 2.24) is 14.7 Å². The zero-order valence-corrected chi connectivity index (χ0v) is 13.4. The van der Waals surface area contributed by atoms with E-state index in [2.05, 4.69) is 5.10 Å². The van der Waals surface area contributed by atoms with Crippen LogP contribution in [0.1, 0.15) is 18.5 Å². The van der Waals surface area contributed by atoms with Crippen LogP contribution in [0.15, 0.2) is 62.4 Å². The molecule has 1 aromatic carbocycles. The summed E-state index contributed by atoms with van der Waals surface area (Å²) >= 11 is 0. The molecule has 0 aliphatic carbocycles. The van der Waals surface area contributed by atoms with Crippen molar-refractivity contribution in [3.05, 3.63) is 64.8 Å². The lowest BCUT2D eigenvalue weighted by Gasteiger charge is -2.25. The van der Waals surface area contributed by atoms with E-state index in [0.717, 1.165) is 10.2 Å². The van der Waals surface area contributed by atoms with E-state index in [1.807, 2.05) is 37.3 Å². The Kier molecular flexibility index (Phi) is 4.33. The summed E-state index contributed by atoms with van der Waals surface area (Å²) in [6.45, 7) is 1.73. The molecule has 3 rings (SSSR count). The average Bonchev–Trinajstić information content (AvgIpc) is 3.24. The molecule has 0 aliphatic rings. The van der Waals surface area contributed by atoms with E-state index in [9.17, 15) is 9.59 Å². The van der Waals surface area contributed by atoms with Crippen molar-refractivity contribution < 1.29 is 13.6 Å². The molecule has 2 heterocycles. The second kappa shape index (κ2) is 6.57. The maximum atomic E-state index is 12.4. The molecule has 1 atom stereocenters. The number of carbonyl (C=O) groups is 1. The van der Waals surface area contributed by atoms with Crippen LogP contribution in [0.4, 0.5) is 0 Å². The highest BCUT2D eigenvalue weighted by Gasteiger charge is 2.20. The Morgan fingerprint density at radius 1 is 1.25 bits per heavy atom. The van der Waals surface area contributed by atoms with Crippen LogP contribution in [0.2, 0.25) is 0 Å². The second-order valence-corrected chi connectivity index (χ2v) is 5.40. The molecule has 0 saturated carbocycles. The van der Waals surface area contributed by atoms with Crippen molar-refractivity contribution in [1.29, 1.82) is 0 Å². The third kappa shape index (κ3) is 3.15. The lowest BCUT2D eigenvalue weighted by Crippen LogP contribution is -2.35. The maximum absolute atomic E-state index is 12.4. The first-order valence-corrected chi connectivity index (χ1v) is 7.48. The van der Waals surface area contributed by atoms with Crippen molar-refractivity contribution in [2.24, 2.45) is 0 Å². The number of rotatable bonds is 5. The number of aromatic nitrogens is 2. The van der Waals surface area contributed by atoms with E-state index in [1.165, 1.54) is 6.26 Å². The Morgan fingerprint density at radius 3 is 2.67 bits per heavy atom. The molecule has 0 N–H and O–H groups in total. The zero-order chi connectivity index (χ0) is 17.1. The minimum absolute atomic E-state index is 0.0524. The number of benzene rings is 1. The summed E-state index contributed by atoms with van der Waals surface area (Å²) in [5.74, 6) is -0.552. The number of hydrogen-bond donors (Lipinski definition) is 0. The van der Waals surface area contributed by atoms with Gasteiger partial charge in [0.1, 0.15) is 6.54 Å². The van der Waals surface area contributed by atoms with Gasteiger partial charge < -0.3 is 13.7 Å². The SMILES string of the molecule is CC(c1ccccc1)N(C)C(=O)Cn1nc(-c2ccco2)oc1=O. The Labute approximate surface area is 138 Å². The highest BCUT2D eigenvalue weighted by molar-refractivity contribution is 5.76. The topological polar surface area (TPSA) is 81.5 Å². The lowest BCUT2D eigenvalue weighted by atomic mass is 10.1. The van der Waals surface area contributed by atoms with E-state index < -0.39 is 5.76 Å². The number of likely N-dealkylation sites (N-methyl/N-ethyl adjacent to an activating group) is 1. The van der Waals surface area contributed by atoms with Crippen LogP contribution in [-0.4, -0.2) is 27.6 Å². The van der Waals surface area contributed by atoms with Crippen LogP contribution in [0.3, 0.4) is 0 Å². The summed E-state index contributed by atoms with van der Waals surface area (Å²) in [6.07, 6.45) is 1.45. The summed E-state index contributed by atoms with van der Waals surface area (Å²) in [5, 5.41) is 4.00. The molecular formula is C17H17N3O4. The zero-order valence-electron chi connectivity index (χ0n) is 13.4. The fourth-order valence-electron chi connectivity index (χ4n) is 2.32. The van der Waals surface area contributed by atoms with Gasteiger partial charge >= 0.3 is 5.76 Å². The molecule has 7 nitrogen and oxygen atoms in total. The van der Waals surface area contributed by atoms with Crippen LogP contribution in [0.25, 0.3) is 11.7 Å². The van der Waals surface area contributed by atoms with Crippen molar-refractivity contribution in [3.63, 3.8) is 0 Å². The minimum Gasteiger partial charge on any atom is -0.459 e. The van der Waals surface area contributed by atoms with Gasteiger partial charge in [-0.25, -0.2) is 4.79 Å². The first-order chi connectivity index (χ1) is 11.6. The van der Waals surface area contributed by atoms with Crippen LogP contribution in [0.5, 0.6) is 0 Å². The molecule has 1 unspecified atom stereocenters. The number of carbonyl (C=O) groups excluding carboxylic acids is 1. The molecule has 0 radical (unpaired) electrons. The van der Waals surface area contributed by atoms with Crippen molar-refractivity contribution >= 4 is 5.91 Å². The Bertz CT molecular complexity index is 865. The third-order valence-electron chi connectivity index (χ3n) is 3.88. The van der Waals surface area contributed by atoms with Crippen LogP contribution in [-0.2, 0) is 11.3 Å². The van der Waals surface area contributed by atoms with E-state index in [4.69, 9.17) is 8.83 Å². The number of hydrogen-bond acceptors (Lipinski definition) is 5. The summed E-state index contributed by atoms with van der Waals surface area (Å²) in [7, 11) is 1.69. The minimum atomic E-state index is -0.699. The third-order valence-corrected chi connectivity index (χ3v) is 3.88. The van der Waals surface area contributed by atoms with Crippen molar-refractivity contribution in [2.75, 3.05) is 7.05 Å². The average molecular weight is 327 g/mol. The Hall–Kier alpha value is -3.09. The molecule has 0 aliphatic heterocycles. The quantitative estimate of drug-likeness (QED) is 0.718. The highest BCUT2D eigenvalue weighted by atomic mass is 16.4. The van der Waals surface area contributed by atoms with Gasteiger partial charge in [-0.2, -0.15) is 4.68 Å². The monoisotopic (exact) mass is 327 g/mol. The van der Waals surface area contributed by atoms with E-state index in [0.29, 0.717) is 5.76 Å². The van der Waals surface area contributed by atoms with Gasteiger partial charge in [0.25, 0.3) is 5.89 Å². The standard InChI is InChI=1S/C17H17N3O4/c1-12(13-7-4-3-5-8-13)19(2)15(21)11-20-17(22)24-16(18-20)14-9-6-10-23-14/h3-10,12H,11H2,1-2H3. The lowest BCUT2D eigenvalue weighted by molar-refractivity contribution is -0.132. The Morgan fingerprint density at radius 2 is 2.00 bits per heavy atom. The van der Waals surface area contributed by atoms with E-state index >= 15 is 0 Å². The summed E-state index contributed by atoms with van der Waals surface area (Å²) in [4.78, 5) is 25.9. The molecule has 0 saturated heterocycles. The first-order valence-electron chi connectivity index (χ1n) is 7.48. The molecular weight excluding hydrogens is 310 g/mol. The normalized spacial score (nSPS) is 12.1. The van der Waals surface area contributed by atoms with Crippen molar-refractivity contribution in [2.45, 2.75) is 19.5 Å². The van der Waals surface area contributed by atoms with Gasteiger partial charge in [0, 0.05) is 7.05 Å². The molecule has 0 fully saturated rings. The number of amides is 1. The van der Waals surface area contributed by atoms with Gasteiger partial charge in [-0.1, -0.05) is 30.3 Å². The van der Waals surface area contributed by atoms with E-state index in [1.54, 1.807) is 24.1 Å². The van der Waals surface area contributed by atoms with Crippen LogP contribution < -0.4 is 5.76 Å².